The maximum atomic E-state index is 12.7. The summed E-state index contributed by atoms with van der Waals surface area (Å²) in [5.41, 5.74) is 2.06. The molecule has 0 bridgehead atoms. The Bertz CT molecular complexity index is 1280. The van der Waals surface area contributed by atoms with Crippen molar-refractivity contribution in [3.8, 4) is 0 Å². The SMILES string of the molecule is CCCCCCc1cc2ccccc2c2nc3c(=O)n(C)c(=O)n(C)c3n12. The third kappa shape index (κ3) is 2.67. The third-order valence-electron chi connectivity index (χ3n) is 5.35. The van der Waals surface area contributed by atoms with Gasteiger partial charge in [-0.1, -0.05) is 50.5 Å². The van der Waals surface area contributed by atoms with E-state index in [9.17, 15) is 9.59 Å². The fraction of sp³-hybridized carbons (Fsp3) is 0.381. The molecular weight excluding hydrogens is 340 g/mol. The van der Waals surface area contributed by atoms with Gasteiger partial charge < -0.3 is 0 Å². The van der Waals surface area contributed by atoms with Crippen LogP contribution in [0.2, 0.25) is 0 Å². The fourth-order valence-corrected chi connectivity index (χ4v) is 3.87. The third-order valence-corrected chi connectivity index (χ3v) is 5.35. The van der Waals surface area contributed by atoms with Crippen LogP contribution in [0.1, 0.15) is 38.3 Å². The largest absolute Gasteiger partial charge is 0.332 e. The normalized spacial score (nSPS) is 11.8. The highest BCUT2D eigenvalue weighted by Gasteiger charge is 2.18. The number of rotatable bonds is 5. The van der Waals surface area contributed by atoms with Gasteiger partial charge in [0.1, 0.15) is 5.65 Å². The van der Waals surface area contributed by atoms with Crippen LogP contribution in [0.3, 0.4) is 0 Å². The number of aryl methyl sites for hydroxylation is 2. The first-order valence-electron chi connectivity index (χ1n) is 9.53. The predicted molar refractivity (Wildman–Crippen MR) is 109 cm³/mol. The van der Waals surface area contributed by atoms with Gasteiger partial charge in [-0.15, -0.1) is 0 Å². The summed E-state index contributed by atoms with van der Waals surface area (Å²) < 4.78 is 4.66. The van der Waals surface area contributed by atoms with Crippen LogP contribution in [0.25, 0.3) is 27.6 Å². The molecule has 0 aliphatic carbocycles. The lowest BCUT2D eigenvalue weighted by molar-refractivity contribution is 0.656. The molecule has 6 nitrogen and oxygen atoms in total. The predicted octanol–water partition coefficient (Wildman–Crippen LogP) is 3.16. The topological polar surface area (TPSA) is 61.3 Å². The van der Waals surface area contributed by atoms with E-state index in [2.05, 4.69) is 24.0 Å². The molecule has 0 N–H and O–H groups in total. The Morgan fingerprint density at radius 2 is 1.78 bits per heavy atom. The average molecular weight is 364 g/mol. The van der Waals surface area contributed by atoms with Crippen LogP contribution in [0.15, 0.2) is 39.9 Å². The van der Waals surface area contributed by atoms with Crippen LogP contribution in [0.4, 0.5) is 0 Å². The monoisotopic (exact) mass is 364 g/mol. The Morgan fingerprint density at radius 1 is 1.00 bits per heavy atom. The van der Waals surface area contributed by atoms with E-state index in [4.69, 9.17) is 0 Å². The lowest BCUT2D eigenvalue weighted by atomic mass is 10.1. The highest BCUT2D eigenvalue weighted by Crippen LogP contribution is 2.26. The number of fused-ring (bicyclic) bond motifs is 5. The van der Waals surface area contributed by atoms with Gasteiger partial charge in [0.2, 0.25) is 0 Å². The van der Waals surface area contributed by atoms with E-state index >= 15 is 0 Å². The van der Waals surface area contributed by atoms with E-state index in [0.717, 1.165) is 45.9 Å². The molecule has 3 aromatic heterocycles. The molecule has 0 amide bonds. The van der Waals surface area contributed by atoms with Gasteiger partial charge in [0.05, 0.1) is 0 Å². The Labute approximate surface area is 156 Å². The van der Waals surface area contributed by atoms with Crippen LogP contribution in [-0.2, 0) is 20.5 Å². The van der Waals surface area contributed by atoms with Gasteiger partial charge in [-0.25, -0.2) is 9.78 Å². The number of hydrogen-bond acceptors (Lipinski definition) is 3. The van der Waals surface area contributed by atoms with Gasteiger partial charge in [0, 0.05) is 25.2 Å². The van der Waals surface area contributed by atoms with Gasteiger partial charge in [0.25, 0.3) is 5.56 Å². The van der Waals surface area contributed by atoms with Crippen molar-refractivity contribution < 1.29 is 0 Å². The number of aromatic nitrogens is 4. The highest BCUT2D eigenvalue weighted by atomic mass is 16.2. The maximum absolute atomic E-state index is 12.7. The van der Waals surface area contributed by atoms with Crippen molar-refractivity contribution in [3.05, 3.63) is 56.9 Å². The minimum atomic E-state index is -0.349. The zero-order valence-electron chi connectivity index (χ0n) is 16.0. The molecule has 27 heavy (non-hydrogen) atoms. The number of imidazole rings is 1. The van der Waals surface area contributed by atoms with E-state index in [0.29, 0.717) is 11.2 Å². The zero-order chi connectivity index (χ0) is 19.1. The van der Waals surface area contributed by atoms with Gasteiger partial charge in [-0.05, 0) is 24.3 Å². The molecule has 0 atom stereocenters. The quantitative estimate of drug-likeness (QED) is 0.511. The number of pyridine rings is 1. The van der Waals surface area contributed by atoms with E-state index in [-0.39, 0.29) is 11.2 Å². The lowest BCUT2D eigenvalue weighted by Crippen LogP contribution is -2.37. The number of benzene rings is 1. The molecule has 140 valence electrons. The van der Waals surface area contributed by atoms with Crippen LogP contribution >= 0.6 is 0 Å². The summed E-state index contributed by atoms with van der Waals surface area (Å²) in [6.07, 6.45) is 5.51. The second-order valence-corrected chi connectivity index (χ2v) is 7.18. The Hall–Kier alpha value is -2.89. The minimum Gasteiger partial charge on any atom is -0.282 e. The van der Waals surface area contributed by atoms with E-state index in [1.165, 1.54) is 24.5 Å². The van der Waals surface area contributed by atoms with Gasteiger partial charge in [0.15, 0.2) is 11.2 Å². The molecule has 1 aromatic carbocycles. The minimum absolute atomic E-state index is 0.334. The van der Waals surface area contributed by atoms with E-state index < -0.39 is 0 Å². The Kier molecular flexibility index (Phi) is 4.34. The van der Waals surface area contributed by atoms with Gasteiger partial charge in [-0.3, -0.25) is 18.3 Å². The molecule has 0 saturated carbocycles. The molecular formula is C21H24N4O2. The van der Waals surface area contributed by atoms with Crippen molar-refractivity contribution in [1.82, 2.24) is 18.5 Å². The molecule has 0 spiro atoms. The first kappa shape index (κ1) is 17.5. The summed E-state index contributed by atoms with van der Waals surface area (Å²) in [6, 6.07) is 10.2. The summed E-state index contributed by atoms with van der Waals surface area (Å²) in [4.78, 5) is 29.9. The van der Waals surface area contributed by atoms with Crippen LogP contribution < -0.4 is 11.2 Å². The fourth-order valence-electron chi connectivity index (χ4n) is 3.87. The summed E-state index contributed by atoms with van der Waals surface area (Å²) in [7, 11) is 3.20. The molecule has 0 aliphatic rings. The molecule has 0 aliphatic heterocycles. The molecule has 4 rings (SSSR count). The van der Waals surface area contributed by atoms with Crippen LogP contribution in [0.5, 0.6) is 0 Å². The van der Waals surface area contributed by atoms with Crippen molar-refractivity contribution in [2.45, 2.75) is 39.0 Å². The first-order chi connectivity index (χ1) is 13.0. The van der Waals surface area contributed by atoms with Crippen molar-refractivity contribution in [2.75, 3.05) is 0 Å². The summed E-state index contributed by atoms with van der Waals surface area (Å²) in [6.45, 7) is 2.20. The second kappa shape index (κ2) is 6.68. The van der Waals surface area contributed by atoms with E-state index in [1.807, 2.05) is 22.6 Å². The van der Waals surface area contributed by atoms with Gasteiger partial charge in [-0.2, -0.15) is 0 Å². The van der Waals surface area contributed by atoms with Gasteiger partial charge >= 0.3 is 5.69 Å². The zero-order valence-corrected chi connectivity index (χ0v) is 16.0. The van der Waals surface area contributed by atoms with Crippen molar-refractivity contribution >= 4 is 27.6 Å². The number of unbranched alkanes of at least 4 members (excludes halogenated alkanes) is 3. The van der Waals surface area contributed by atoms with Crippen molar-refractivity contribution in [3.63, 3.8) is 0 Å². The Balaban J connectivity index is 2.11. The molecule has 0 radical (unpaired) electrons. The molecule has 0 fully saturated rings. The second-order valence-electron chi connectivity index (χ2n) is 7.18. The smallest absolute Gasteiger partial charge is 0.282 e. The standard InChI is InChI=1S/C21H24N4O2/c1-4-5-6-7-11-15-13-14-10-8-9-12-16(14)18-22-17-19(25(15)18)23(2)21(27)24(3)20(17)26/h8-10,12-13H,4-7,11H2,1-3H3. The maximum Gasteiger partial charge on any atom is 0.332 e. The van der Waals surface area contributed by atoms with E-state index in [1.54, 1.807) is 7.05 Å². The average Bonchev–Trinajstić information content (AvgIpc) is 3.09. The summed E-state index contributed by atoms with van der Waals surface area (Å²) >= 11 is 0. The van der Waals surface area contributed by atoms with Crippen molar-refractivity contribution in [2.24, 2.45) is 14.1 Å². The van der Waals surface area contributed by atoms with Crippen LogP contribution in [-0.4, -0.2) is 18.5 Å². The molecule has 4 aromatic rings. The lowest BCUT2D eigenvalue weighted by Gasteiger charge is -2.11. The van der Waals surface area contributed by atoms with Crippen molar-refractivity contribution in [1.29, 1.82) is 0 Å². The first-order valence-corrected chi connectivity index (χ1v) is 9.53. The highest BCUT2D eigenvalue weighted by molar-refractivity contribution is 5.98. The molecule has 0 saturated heterocycles. The Morgan fingerprint density at radius 3 is 2.56 bits per heavy atom. The molecule has 0 unspecified atom stereocenters. The molecule has 6 heteroatoms. The summed E-state index contributed by atoms with van der Waals surface area (Å²) in [5.74, 6) is 0. The van der Waals surface area contributed by atoms with Crippen LogP contribution in [0, 0.1) is 0 Å². The number of hydrogen-bond donors (Lipinski definition) is 0. The summed E-state index contributed by atoms with van der Waals surface area (Å²) in [5, 5.41) is 2.09. The molecule has 3 heterocycles. The number of nitrogens with zero attached hydrogens (tertiary/aromatic N) is 4.